The Balaban J connectivity index is 3.11. The lowest BCUT2D eigenvalue weighted by Gasteiger charge is -2.33. The lowest BCUT2D eigenvalue weighted by atomic mass is 9.83. The van der Waals surface area contributed by atoms with Crippen molar-refractivity contribution in [1.29, 1.82) is 0 Å². The summed E-state index contributed by atoms with van der Waals surface area (Å²) in [6.07, 6.45) is -1.15. The maximum Gasteiger partial charge on any atom is 0.107 e. The van der Waals surface area contributed by atoms with Crippen LogP contribution in [0.25, 0.3) is 0 Å². The van der Waals surface area contributed by atoms with Crippen LogP contribution in [0.5, 0.6) is 0 Å². The van der Waals surface area contributed by atoms with Crippen LogP contribution in [-0.2, 0) is 4.74 Å². The van der Waals surface area contributed by atoms with E-state index in [4.69, 9.17) is 27.9 Å². The van der Waals surface area contributed by atoms with Gasteiger partial charge >= 0.3 is 0 Å². The van der Waals surface area contributed by atoms with E-state index in [2.05, 4.69) is 0 Å². The van der Waals surface area contributed by atoms with Crippen molar-refractivity contribution in [2.75, 3.05) is 7.11 Å². The highest BCUT2D eigenvalue weighted by molar-refractivity contribution is 6.42. The Morgan fingerprint density at radius 2 is 1.82 bits per heavy atom. The molecule has 1 aromatic carbocycles. The first-order valence-electron chi connectivity index (χ1n) is 5.43. The standard InChI is InChI=1S/C13H18Cl2O2/c1-13(2,3)12(17-4)11(16)8-6-5-7-9(14)10(8)15/h5-7,11-12,16H,1-4H3. The van der Waals surface area contributed by atoms with Gasteiger partial charge in [0.25, 0.3) is 0 Å². The average Bonchev–Trinajstić information content (AvgIpc) is 2.20. The summed E-state index contributed by atoms with van der Waals surface area (Å²) in [6.45, 7) is 6.01. The molecule has 17 heavy (non-hydrogen) atoms. The minimum atomic E-state index is -0.800. The molecule has 0 aliphatic carbocycles. The zero-order chi connectivity index (χ0) is 13.2. The minimum Gasteiger partial charge on any atom is -0.386 e. The molecule has 0 spiro atoms. The molecule has 0 aliphatic rings. The number of aliphatic hydroxyl groups excluding tert-OH is 1. The van der Waals surface area contributed by atoms with Crippen molar-refractivity contribution < 1.29 is 9.84 Å². The zero-order valence-corrected chi connectivity index (χ0v) is 12.0. The van der Waals surface area contributed by atoms with Gasteiger partial charge in [-0.3, -0.25) is 0 Å². The van der Waals surface area contributed by atoms with Gasteiger partial charge in [0.15, 0.2) is 0 Å². The van der Waals surface area contributed by atoms with Crippen LogP contribution in [0.4, 0.5) is 0 Å². The molecular formula is C13H18Cl2O2. The van der Waals surface area contributed by atoms with E-state index in [1.54, 1.807) is 25.3 Å². The molecule has 1 aromatic rings. The maximum absolute atomic E-state index is 10.4. The Bertz CT molecular complexity index is 385. The summed E-state index contributed by atoms with van der Waals surface area (Å²) in [4.78, 5) is 0. The largest absolute Gasteiger partial charge is 0.386 e. The highest BCUT2D eigenvalue weighted by Crippen LogP contribution is 2.37. The molecule has 4 heteroatoms. The maximum atomic E-state index is 10.4. The van der Waals surface area contributed by atoms with Gasteiger partial charge in [-0.15, -0.1) is 0 Å². The SMILES string of the molecule is COC(C(O)c1cccc(Cl)c1Cl)C(C)(C)C. The monoisotopic (exact) mass is 276 g/mol. The number of hydrogen-bond donors (Lipinski definition) is 1. The van der Waals surface area contributed by atoms with Gasteiger partial charge in [0, 0.05) is 12.7 Å². The predicted molar refractivity (Wildman–Crippen MR) is 71.7 cm³/mol. The predicted octanol–water partition coefficient (Wildman–Crippen LogP) is 4.09. The fourth-order valence-corrected chi connectivity index (χ4v) is 2.29. The first-order chi connectivity index (χ1) is 7.79. The first-order valence-corrected chi connectivity index (χ1v) is 6.19. The Labute approximate surface area is 113 Å². The minimum absolute atomic E-state index is 0.195. The molecule has 0 saturated heterocycles. The van der Waals surface area contributed by atoms with E-state index in [1.807, 2.05) is 20.8 Å². The molecule has 0 radical (unpaired) electrons. The molecule has 0 amide bonds. The molecule has 0 aromatic heterocycles. The molecule has 0 saturated carbocycles. The fraction of sp³-hybridized carbons (Fsp3) is 0.538. The second-order valence-electron chi connectivity index (χ2n) is 5.11. The smallest absolute Gasteiger partial charge is 0.107 e. The number of benzene rings is 1. The Morgan fingerprint density at radius 1 is 1.24 bits per heavy atom. The fourth-order valence-electron chi connectivity index (χ4n) is 1.87. The Kier molecular flexibility index (Phi) is 4.85. The zero-order valence-electron chi connectivity index (χ0n) is 10.5. The second-order valence-corrected chi connectivity index (χ2v) is 5.90. The van der Waals surface area contributed by atoms with Crippen LogP contribution < -0.4 is 0 Å². The van der Waals surface area contributed by atoms with Gasteiger partial charge in [0.05, 0.1) is 16.1 Å². The van der Waals surface area contributed by atoms with E-state index in [0.29, 0.717) is 15.6 Å². The van der Waals surface area contributed by atoms with E-state index in [0.717, 1.165) is 0 Å². The summed E-state index contributed by atoms with van der Waals surface area (Å²) < 4.78 is 5.37. The van der Waals surface area contributed by atoms with Crippen molar-refractivity contribution in [2.24, 2.45) is 5.41 Å². The summed E-state index contributed by atoms with van der Waals surface area (Å²) in [6, 6.07) is 5.22. The molecule has 2 nitrogen and oxygen atoms in total. The number of ether oxygens (including phenoxy) is 1. The summed E-state index contributed by atoms with van der Waals surface area (Å²) >= 11 is 12.0. The topological polar surface area (TPSA) is 29.5 Å². The molecule has 1 rings (SSSR count). The van der Waals surface area contributed by atoms with Crippen LogP contribution in [0.3, 0.4) is 0 Å². The molecule has 0 heterocycles. The van der Waals surface area contributed by atoms with Gasteiger partial charge in [0.2, 0.25) is 0 Å². The third-order valence-electron chi connectivity index (χ3n) is 2.69. The van der Waals surface area contributed by atoms with E-state index in [-0.39, 0.29) is 11.5 Å². The molecule has 0 aliphatic heterocycles. The van der Waals surface area contributed by atoms with Crippen LogP contribution in [0.1, 0.15) is 32.4 Å². The van der Waals surface area contributed by atoms with Crippen LogP contribution >= 0.6 is 23.2 Å². The normalized spacial score (nSPS) is 15.7. The molecule has 96 valence electrons. The van der Waals surface area contributed by atoms with E-state index in [1.165, 1.54) is 0 Å². The van der Waals surface area contributed by atoms with Crippen molar-refractivity contribution in [3.8, 4) is 0 Å². The van der Waals surface area contributed by atoms with E-state index in [9.17, 15) is 5.11 Å². The highest BCUT2D eigenvalue weighted by atomic mass is 35.5. The van der Waals surface area contributed by atoms with Gasteiger partial charge < -0.3 is 9.84 Å². The summed E-state index contributed by atoms with van der Waals surface area (Å²) in [5, 5.41) is 11.2. The summed E-state index contributed by atoms with van der Waals surface area (Å²) in [5.74, 6) is 0. The van der Waals surface area contributed by atoms with Gasteiger partial charge in [-0.1, -0.05) is 56.1 Å². The van der Waals surface area contributed by atoms with Crippen molar-refractivity contribution in [3.63, 3.8) is 0 Å². The number of rotatable bonds is 3. The van der Waals surface area contributed by atoms with Gasteiger partial charge in [0.1, 0.15) is 6.10 Å². The van der Waals surface area contributed by atoms with E-state index >= 15 is 0 Å². The summed E-state index contributed by atoms with van der Waals surface area (Å²) in [5.41, 5.74) is 0.403. The second kappa shape index (κ2) is 5.57. The lowest BCUT2D eigenvalue weighted by molar-refractivity contribution is -0.0723. The molecular weight excluding hydrogens is 259 g/mol. The summed E-state index contributed by atoms with van der Waals surface area (Å²) in [7, 11) is 1.58. The van der Waals surface area contributed by atoms with Crippen molar-refractivity contribution >= 4 is 23.2 Å². The number of halogens is 2. The van der Waals surface area contributed by atoms with E-state index < -0.39 is 6.10 Å². The van der Waals surface area contributed by atoms with Crippen LogP contribution in [-0.4, -0.2) is 18.3 Å². The van der Waals surface area contributed by atoms with Gasteiger partial charge in [-0.05, 0) is 11.5 Å². The molecule has 2 unspecified atom stereocenters. The van der Waals surface area contributed by atoms with Crippen molar-refractivity contribution in [2.45, 2.75) is 33.0 Å². The number of hydrogen-bond acceptors (Lipinski definition) is 2. The Hall–Kier alpha value is -0.280. The van der Waals surface area contributed by atoms with Gasteiger partial charge in [-0.25, -0.2) is 0 Å². The lowest BCUT2D eigenvalue weighted by Crippen LogP contribution is -2.34. The number of methoxy groups -OCH3 is 1. The highest BCUT2D eigenvalue weighted by Gasteiger charge is 2.33. The van der Waals surface area contributed by atoms with Crippen LogP contribution in [0, 0.1) is 5.41 Å². The molecule has 2 atom stereocenters. The van der Waals surface area contributed by atoms with Crippen LogP contribution in [0.15, 0.2) is 18.2 Å². The molecule has 1 N–H and O–H groups in total. The third kappa shape index (κ3) is 3.35. The first kappa shape index (κ1) is 14.8. The quantitative estimate of drug-likeness (QED) is 0.901. The average molecular weight is 277 g/mol. The third-order valence-corrected chi connectivity index (χ3v) is 3.53. The molecule has 0 bridgehead atoms. The van der Waals surface area contributed by atoms with Crippen LogP contribution in [0.2, 0.25) is 10.0 Å². The Morgan fingerprint density at radius 3 is 2.29 bits per heavy atom. The molecule has 0 fully saturated rings. The number of aliphatic hydroxyl groups is 1. The van der Waals surface area contributed by atoms with Crippen molar-refractivity contribution in [1.82, 2.24) is 0 Å². The van der Waals surface area contributed by atoms with Gasteiger partial charge in [-0.2, -0.15) is 0 Å². The van der Waals surface area contributed by atoms with Crippen molar-refractivity contribution in [3.05, 3.63) is 33.8 Å².